The van der Waals surface area contributed by atoms with E-state index in [0.29, 0.717) is 11.3 Å². The Bertz CT molecular complexity index is 533. The molecule has 0 heterocycles. The summed E-state index contributed by atoms with van der Waals surface area (Å²) in [6.07, 6.45) is 3.19. The van der Waals surface area contributed by atoms with Crippen LogP contribution >= 0.6 is 0 Å². The van der Waals surface area contributed by atoms with Crippen molar-refractivity contribution >= 4 is 16.6 Å². The molecule has 0 fully saturated rings. The highest BCUT2D eigenvalue weighted by Crippen LogP contribution is 2.29. The molecule has 19 heavy (non-hydrogen) atoms. The lowest BCUT2D eigenvalue weighted by atomic mass is 9.82. The first kappa shape index (κ1) is 14.2. The summed E-state index contributed by atoms with van der Waals surface area (Å²) in [7, 11) is -1.27. The van der Waals surface area contributed by atoms with Gasteiger partial charge >= 0.3 is 0 Å². The van der Waals surface area contributed by atoms with E-state index in [1.165, 1.54) is 12.2 Å². The number of ketones is 1. The van der Waals surface area contributed by atoms with Crippen molar-refractivity contribution in [3.05, 3.63) is 42.0 Å². The lowest BCUT2D eigenvalue weighted by molar-refractivity contribution is -0.118. The summed E-state index contributed by atoms with van der Waals surface area (Å²) in [6.45, 7) is 3.78. The van der Waals surface area contributed by atoms with E-state index in [9.17, 15) is 14.1 Å². The van der Waals surface area contributed by atoms with E-state index in [0.717, 1.165) is 5.56 Å². The SMILES string of the molecule is Cc1ccc([S@](=O)C[C@@]2(O)C=CC(=O)C[C@H]2C)cc1. The van der Waals surface area contributed by atoms with Crippen molar-refractivity contribution in [1.29, 1.82) is 0 Å². The molecule has 0 unspecified atom stereocenters. The van der Waals surface area contributed by atoms with E-state index in [-0.39, 0.29) is 17.5 Å². The van der Waals surface area contributed by atoms with Crippen molar-refractivity contribution in [3.8, 4) is 0 Å². The van der Waals surface area contributed by atoms with Crippen molar-refractivity contribution < 1.29 is 14.1 Å². The maximum absolute atomic E-state index is 12.3. The van der Waals surface area contributed by atoms with Crippen LogP contribution in [0.4, 0.5) is 0 Å². The highest BCUT2D eigenvalue weighted by atomic mass is 32.2. The first-order chi connectivity index (χ1) is 8.90. The van der Waals surface area contributed by atoms with Gasteiger partial charge in [-0.1, -0.05) is 24.6 Å². The summed E-state index contributed by atoms with van der Waals surface area (Å²) in [5.41, 5.74) is -0.0556. The van der Waals surface area contributed by atoms with Gasteiger partial charge in [0.05, 0.1) is 22.2 Å². The lowest BCUT2D eigenvalue weighted by Gasteiger charge is -2.33. The molecule has 0 saturated heterocycles. The number of carbonyl (C=O) groups excluding carboxylic acids is 1. The predicted molar refractivity (Wildman–Crippen MR) is 75.3 cm³/mol. The Kier molecular flexibility index (Phi) is 4.02. The summed E-state index contributed by atoms with van der Waals surface area (Å²) in [6, 6.07) is 7.44. The van der Waals surface area contributed by atoms with Gasteiger partial charge in [-0.15, -0.1) is 0 Å². The zero-order chi connectivity index (χ0) is 14.0. The molecule has 0 amide bonds. The fourth-order valence-corrected chi connectivity index (χ4v) is 3.53. The number of hydrogen-bond acceptors (Lipinski definition) is 3. The normalized spacial score (nSPS) is 28.4. The highest BCUT2D eigenvalue weighted by molar-refractivity contribution is 7.85. The van der Waals surface area contributed by atoms with Crippen molar-refractivity contribution in [3.63, 3.8) is 0 Å². The van der Waals surface area contributed by atoms with Crippen molar-refractivity contribution in [2.24, 2.45) is 5.92 Å². The minimum Gasteiger partial charge on any atom is -0.385 e. The molecule has 1 aromatic rings. The molecule has 1 N–H and O–H groups in total. The zero-order valence-corrected chi connectivity index (χ0v) is 11.9. The maximum Gasteiger partial charge on any atom is 0.155 e. The third-order valence-electron chi connectivity index (χ3n) is 3.56. The van der Waals surface area contributed by atoms with Crippen LogP contribution in [0, 0.1) is 12.8 Å². The first-order valence-electron chi connectivity index (χ1n) is 6.30. The van der Waals surface area contributed by atoms with Gasteiger partial charge in [-0.25, -0.2) is 0 Å². The van der Waals surface area contributed by atoms with Gasteiger partial charge in [0.15, 0.2) is 5.78 Å². The Morgan fingerprint density at radius 3 is 2.58 bits per heavy atom. The van der Waals surface area contributed by atoms with Gasteiger partial charge in [0, 0.05) is 11.3 Å². The van der Waals surface area contributed by atoms with Gasteiger partial charge in [0.25, 0.3) is 0 Å². The maximum atomic E-state index is 12.3. The molecule has 2 rings (SSSR count). The van der Waals surface area contributed by atoms with E-state index < -0.39 is 16.4 Å². The summed E-state index contributed by atoms with van der Waals surface area (Å²) in [5, 5.41) is 10.5. The molecule has 1 aromatic carbocycles. The van der Waals surface area contributed by atoms with E-state index in [4.69, 9.17) is 0 Å². The number of rotatable bonds is 3. The summed E-state index contributed by atoms with van der Waals surface area (Å²) in [4.78, 5) is 12.0. The molecular formula is C15H18O3S. The van der Waals surface area contributed by atoms with E-state index in [1.807, 2.05) is 38.1 Å². The Labute approximate surface area is 115 Å². The van der Waals surface area contributed by atoms with Gasteiger partial charge in [0.2, 0.25) is 0 Å². The average Bonchev–Trinajstić information content (AvgIpc) is 2.35. The topological polar surface area (TPSA) is 54.4 Å². The number of hydrogen-bond donors (Lipinski definition) is 1. The second-order valence-corrected chi connectivity index (χ2v) is 6.65. The average molecular weight is 278 g/mol. The lowest BCUT2D eigenvalue weighted by Crippen LogP contribution is -2.43. The van der Waals surface area contributed by atoms with Gasteiger partial charge in [-0.3, -0.25) is 9.00 Å². The summed E-state index contributed by atoms with van der Waals surface area (Å²) >= 11 is 0. The zero-order valence-electron chi connectivity index (χ0n) is 11.1. The van der Waals surface area contributed by atoms with Gasteiger partial charge in [0.1, 0.15) is 0 Å². The summed E-state index contributed by atoms with van der Waals surface area (Å²) < 4.78 is 12.3. The number of aliphatic hydroxyl groups is 1. The third-order valence-corrected chi connectivity index (χ3v) is 5.09. The van der Waals surface area contributed by atoms with Crippen LogP contribution in [0.2, 0.25) is 0 Å². The molecule has 1 aliphatic rings. The quantitative estimate of drug-likeness (QED) is 0.920. The third kappa shape index (κ3) is 3.19. The van der Waals surface area contributed by atoms with Crippen LogP contribution in [0.5, 0.6) is 0 Å². The van der Waals surface area contributed by atoms with Crippen LogP contribution in [0.1, 0.15) is 18.9 Å². The van der Waals surface area contributed by atoms with Crippen LogP contribution < -0.4 is 0 Å². The van der Waals surface area contributed by atoms with E-state index in [2.05, 4.69) is 0 Å². The number of allylic oxidation sites excluding steroid dienone is 1. The number of benzene rings is 1. The second kappa shape index (κ2) is 5.39. The molecule has 3 atom stereocenters. The Morgan fingerprint density at radius 1 is 1.37 bits per heavy atom. The molecule has 0 spiro atoms. The fourth-order valence-electron chi connectivity index (χ4n) is 2.12. The Balaban J connectivity index is 2.16. The molecule has 0 radical (unpaired) electrons. The largest absolute Gasteiger partial charge is 0.385 e. The number of aryl methyl sites for hydroxylation is 1. The molecule has 1 aliphatic carbocycles. The standard InChI is InChI=1S/C15H18O3S/c1-11-3-5-14(6-4-11)19(18)10-15(17)8-7-13(16)9-12(15)2/h3-8,12,17H,9-10H2,1-2H3/t12-,15+,19-/m1/s1. The van der Waals surface area contributed by atoms with Crippen molar-refractivity contribution in [2.75, 3.05) is 5.75 Å². The molecular weight excluding hydrogens is 260 g/mol. The monoisotopic (exact) mass is 278 g/mol. The van der Waals surface area contributed by atoms with E-state index >= 15 is 0 Å². The van der Waals surface area contributed by atoms with Gasteiger partial charge in [-0.05, 0) is 37.1 Å². The second-order valence-electron chi connectivity index (χ2n) is 5.20. The molecule has 3 nitrogen and oxygen atoms in total. The van der Waals surface area contributed by atoms with Gasteiger partial charge in [-0.2, -0.15) is 0 Å². The van der Waals surface area contributed by atoms with Crippen LogP contribution in [-0.2, 0) is 15.6 Å². The fraction of sp³-hybridized carbons (Fsp3) is 0.400. The molecule has 4 heteroatoms. The predicted octanol–water partition coefficient (Wildman–Crippen LogP) is 2.00. The highest BCUT2D eigenvalue weighted by Gasteiger charge is 2.37. The molecule has 0 aliphatic heterocycles. The van der Waals surface area contributed by atoms with Crippen LogP contribution in [0.15, 0.2) is 41.3 Å². The minimum absolute atomic E-state index is 0.0123. The number of carbonyl (C=O) groups is 1. The Morgan fingerprint density at radius 2 is 2.00 bits per heavy atom. The summed E-state index contributed by atoms with van der Waals surface area (Å²) in [5.74, 6) is -0.0706. The molecule has 0 aromatic heterocycles. The van der Waals surface area contributed by atoms with Crippen molar-refractivity contribution in [1.82, 2.24) is 0 Å². The van der Waals surface area contributed by atoms with Crippen LogP contribution in [0.3, 0.4) is 0 Å². The van der Waals surface area contributed by atoms with Crippen LogP contribution in [0.25, 0.3) is 0 Å². The first-order valence-corrected chi connectivity index (χ1v) is 7.62. The van der Waals surface area contributed by atoms with Gasteiger partial charge < -0.3 is 5.11 Å². The molecule has 0 bridgehead atoms. The van der Waals surface area contributed by atoms with Crippen LogP contribution in [-0.4, -0.2) is 26.5 Å². The molecule has 0 saturated carbocycles. The smallest absolute Gasteiger partial charge is 0.155 e. The Hall–Kier alpha value is -1.26. The van der Waals surface area contributed by atoms with E-state index in [1.54, 1.807) is 0 Å². The molecule has 102 valence electrons. The minimum atomic E-state index is -1.27. The van der Waals surface area contributed by atoms with Crippen molar-refractivity contribution in [2.45, 2.75) is 30.8 Å².